The van der Waals surface area contributed by atoms with E-state index >= 15 is 0 Å². The Bertz CT molecular complexity index is 1020. The third kappa shape index (κ3) is 3.92. The fraction of sp³-hybridized carbons (Fsp3) is 0.353. The maximum atomic E-state index is 12.3. The zero-order valence-electron chi connectivity index (χ0n) is 14.4. The van der Waals surface area contributed by atoms with Crippen LogP contribution in [0.3, 0.4) is 0 Å². The molecule has 1 aliphatic rings. The van der Waals surface area contributed by atoms with Crippen LogP contribution in [0.1, 0.15) is 12.0 Å². The Kier molecular flexibility index (Phi) is 5.07. The lowest BCUT2D eigenvalue weighted by molar-refractivity contribution is 0.602. The molecule has 0 radical (unpaired) electrons. The first-order chi connectivity index (χ1) is 12.3. The summed E-state index contributed by atoms with van der Waals surface area (Å²) in [5, 5.41) is 9.54. The summed E-state index contributed by atoms with van der Waals surface area (Å²) >= 11 is 1.24. The van der Waals surface area contributed by atoms with Gasteiger partial charge in [0.25, 0.3) is 5.56 Å². The minimum atomic E-state index is -3.01. The molecule has 0 aliphatic carbocycles. The number of sulfone groups is 1. The van der Waals surface area contributed by atoms with Crippen LogP contribution < -0.4 is 10.5 Å². The molecule has 1 aromatic heterocycles. The van der Waals surface area contributed by atoms with E-state index in [-0.39, 0.29) is 22.3 Å². The molecular formula is C17H18N4O3S2. The number of hydrogen-bond acceptors (Lipinski definition) is 7. The molecule has 9 heteroatoms. The van der Waals surface area contributed by atoms with E-state index in [1.54, 1.807) is 0 Å². The minimum absolute atomic E-state index is 0.0500. The molecule has 136 valence electrons. The van der Waals surface area contributed by atoms with Crippen LogP contribution in [0.25, 0.3) is 11.3 Å². The van der Waals surface area contributed by atoms with Gasteiger partial charge in [0.1, 0.15) is 11.6 Å². The molecular weight excluding hydrogens is 372 g/mol. The van der Waals surface area contributed by atoms with Crippen molar-refractivity contribution in [1.29, 1.82) is 5.26 Å². The summed E-state index contributed by atoms with van der Waals surface area (Å²) in [6.07, 6.45) is 0.531. The summed E-state index contributed by atoms with van der Waals surface area (Å²) < 4.78 is 23.2. The summed E-state index contributed by atoms with van der Waals surface area (Å²) in [4.78, 5) is 21.3. The maximum Gasteiger partial charge on any atom is 0.270 e. The molecule has 7 nitrogen and oxygen atoms in total. The van der Waals surface area contributed by atoms with Gasteiger partial charge in [0.05, 0.1) is 17.2 Å². The molecule has 1 aromatic carbocycles. The Labute approximate surface area is 156 Å². The average molecular weight is 390 g/mol. The Hall–Kier alpha value is -2.31. The number of thioether (sulfide) groups is 1. The van der Waals surface area contributed by atoms with Gasteiger partial charge in [-0.2, -0.15) is 5.26 Å². The first kappa shape index (κ1) is 18.5. The molecule has 1 aliphatic heterocycles. The number of hydrogen-bond donors (Lipinski definition) is 1. The average Bonchev–Trinajstić information content (AvgIpc) is 2.93. The molecule has 1 N–H and O–H groups in total. The van der Waals surface area contributed by atoms with Crippen LogP contribution in [0.15, 0.2) is 34.2 Å². The van der Waals surface area contributed by atoms with Crippen molar-refractivity contribution in [2.24, 2.45) is 0 Å². The predicted molar refractivity (Wildman–Crippen MR) is 102 cm³/mol. The first-order valence-electron chi connectivity index (χ1n) is 7.98. The maximum absolute atomic E-state index is 12.3. The highest BCUT2D eigenvalue weighted by molar-refractivity contribution is 8.01. The third-order valence-corrected chi connectivity index (χ3v) is 7.27. The number of nitriles is 1. The Morgan fingerprint density at radius 3 is 2.54 bits per heavy atom. The lowest BCUT2D eigenvalue weighted by Gasteiger charge is -2.13. The zero-order valence-corrected chi connectivity index (χ0v) is 16.0. The van der Waals surface area contributed by atoms with Gasteiger partial charge in [0.15, 0.2) is 15.0 Å². The van der Waals surface area contributed by atoms with E-state index in [1.807, 2.05) is 49.3 Å². The van der Waals surface area contributed by atoms with Gasteiger partial charge >= 0.3 is 0 Å². The molecule has 0 amide bonds. The number of anilines is 1. The molecule has 1 unspecified atom stereocenters. The molecule has 1 atom stereocenters. The molecule has 0 saturated carbocycles. The highest BCUT2D eigenvalue weighted by atomic mass is 32.2. The lowest BCUT2D eigenvalue weighted by Crippen LogP contribution is -2.16. The summed E-state index contributed by atoms with van der Waals surface area (Å²) in [6.45, 7) is 0. The highest BCUT2D eigenvalue weighted by Gasteiger charge is 2.29. The van der Waals surface area contributed by atoms with Crippen molar-refractivity contribution in [1.82, 2.24) is 9.97 Å². The Balaban J connectivity index is 1.97. The van der Waals surface area contributed by atoms with Crippen molar-refractivity contribution in [2.75, 3.05) is 30.5 Å². The number of aromatic amines is 1. The molecule has 2 aromatic rings. The van der Waals surface area contributed by atoms with Crippen molar-refractivity contribution in [3.63, 3.8) is 0 Å². The molecule has 3 rings (SSSR count). The van der Waals surface area contributed by atoms with Crippen molar-refractivity contribution in [2.45, 2.75) is 16.8 Å². The summed E-state index contributed by atoms with van der Waals surface area (Å²) in [5.41, 5.74) is 1.40. The van der Waals surface area contributed by atoms with E-state index in [0.29, 0.717) is 22.8 Å². The van der Waals surface area contributed by atoms with Crippen LogP contribution in [-0.4, -0.2) is 49.2 Å². The van der Waals surface area contributed by atoms with Crippen molar-refractivity contribution < 1.29 is 8.42 Å². The van der Waals surface area contributed by atoms with Gasteiger partial charge < -0.3 is 9.88 Å². The van der Waals surface area contributed by atoms with Crippen molar-refractivity contribution >= 4 is 27.3 Å². The molecule has 2 heterocycles. The fourth-order valence-corrected chi connectivity index (χ4v) is 6.18. The second-order valence-corrected chi connectivity index (χ2v) is 9.81. The van der Waals surface area contributed by atoms with Gasteiger partial charge in [-0.15, -0.1) is 0 Å². The number of benzene rings is 1. The van der Waals surface area contributed by atoms with Crippen LogP contribution in [0.5, 0.6) is 0 Å². The highest BCUT2D eigenvalue weighted by Crippen LogP contribution is 2.30. The van der Waals surface area contributed by atoms with Gasteiger partial charge in [0.2, 0.25) is 0 Å². The van der Waals surface area contributed by atoms with Crippen molar-refractivity contribution in [3.8, 4) is 17.3 Å². The summed E-state index contributed by atoms with van der Waals surface area (Å²) in [7, 11) is 0.833. The number of nitrogens with one attached hydrogen (secondary N) is 1. The van der Waals surface area contributed by atoms with Crippen LogP contribution >= 0.6 is 11.8 Å². The quantitative estimate of drug-likeness (QED) is 0.791. The Morgan fingerprint density at radius 1 is 1.31 bits per heavy atom. The van der Waals surface area contributed by atoms with E-state index in [9.17, 15) is 18.5 Å². The van der Waals surface area contributed by atoms with Gasteiger partial charge in [0, 0.05) is 30.6 Å². The van der Waals surface area contributed by atoms with E-state index in [2.05, 4.69) is 9.97 Å². The van der Waals surface area contributed by atoms with Gasteiger partial charge in [-0.3, -0.25) is 4.79 Å². The first-order valence-corrected chi connectivity index (χ1v) is 10.7. The van der Waals surface area contributed by atoms with E-state index in [1.165, 1.54) is 11.8 Å². The van der Waals surface area contributed by atoms with E-state index in [0.717, 1.165) is 5.69 Å². The molecule has 0 bridgehead atoms. The van der Waals surface area contributed by atoms with Crippen LogP contribution in [0, 0.1) is 11.3 Å². The topological polar surface area (TPSA) is 107 Å². The minimum Gasteiger partial charge on any atom is -0.378 e. The van der Waals surface area contributed by atoms with Crippen molar-refractivity contribution in [3.05, 3.63) is 40.2 Å². The summed E-state index contributed by atoms with van der Waals surface area (Å²) in [6, 6.07) is 9.30. The number of aromatic nitrogens is 2. The summed E-state index contributed by atoms with van der Waals surface area (Å²) in [5.74, 6) is 0.234. The SMILES string of the molecule is CN(C)c1ccc(-c2nc(SC3CCS(=O)(=O)C3)[nH]c(=O)c2C#N)cc1. The van der Waals surface area contributed by atoms with Crippen LogP contribution in [0.4, 0.5) is 5.69 Å². The van der Waals surface area contributed by atoms with Crippen LogP contribution in [-0.2, 0) is 9.84 Å². The van der Waals surface area contributed by atoms with Gasteiger partial charge in [-0.1, -0.05) is 23.9 Å². The standard InChI is InChI=1S/C17H18N4O3S2/c1-21(2)12-5-3-11(4-6-12)15-14(9-18)16(22)20-17(19-15)25-13-7-8-26(23,24)10-13/h3-6,13H,7-8,10H2,1-2H3,(H,19,20,22). The van der Waals surface area contributed by atoms with E-state index in [4.69, 9.17) is 0 Å². The second-order valence-electron chi connectivity index (χ2n) is 6.29. The molecule has 26 heavy (non-hydrogen) atoms. The Morgan fingerprint density at radius 2 is 2.00 bits per heavy atom. The normalized spacial score (nSPS) is 18.4. The zero-order chi connectivity index (χ0) is 18.9. The smallest absolute Gasteiger partial charge is 0.270 e. The lowest BCUT2D eigenvalue weighted by atomic mass is 10.1. The molecule has 1 fully saturated rings. The monoisotopic (exact) mass is 390 g/mol. The fourth-order valence-electron chi connectivity index (χ4n) is 2.75. The largest absolute Gasteiger partial charge is 0.378 e. The van der Waals surface area contributed by atoms with Gasteiger partial charge in [-0.05, 0) is 18.6 Å². The predicted octanol–water partition coefficient (Wildman–Crippen LogP) is 1.65. The number of rotatable bonds is 4. The second kappa shape index (κ2) is 7.13. The van der Waals surface area contributed by atoms with Crippen LogP contribution in [0.2, 0.25) is 0 Å². The number of H-pyrrole nitrogens is 1. The molecule has 0 spiro atoms. The van der Waals surface area contributed by atoms with Gasteiger partial charge in [-0.25, -0.2) is 13.4 Å². The third-order valence-electron chi connectivity index (χ3n) is 4.14. The number of nitrogens with zero attached hydrogens (tertiary/aromatic N) is 3. The van der Waals surface area contributed by atoms with E-state index < -0.39 is 15.4 Å². The molecule has 1 saturated heterocycles.